The molecule has 0 spiro atoms. The fraction of sp³-hybridized carbons (Fsp3) is 0.231. The molecule has 1 aliphatic rings. The van der Waals surface area contributed by atoms with Crippen LogP contribution < -0.4 is 0 Å². The number of nitrogens with zero attached hydrogens (tertiary/aromatic N) is 2. The van der Waals surface area contributed by atoms with Gasteiger partial charge in [-0.25, -0.2) is 9.97 Å². The molecule has 1 aromatic heterocycles. The van der Waals surface area contributed by atoms with E-state index >= 15 is 0 Å². The molecule has 0 N–H and O–H groups in total. The number of benzene rings is 1. The molecule has 1 aliphatic carbocycles. The summed E-state index contributed by atoms with van der Waals surface area (Å²) in [5.41, 5.74) is 1.16. The molecule has 1 heterocycles. The van der Waals surface area contributed by atoms with E-state index in [9.17, 15) is 0 Å². The summed E-state index contributed by atoms with van der Waals surface area (Å²) in [5, 5.41) is 0.810. The standard InChI is InChI=1S/C13H10Cl2N2/c14-10-8-11(15)17-12(16-10)13(6-7-13)9-4-2-1-3-5-9/h1-5,8H,6-7H2. The van der Waals surface area contributed by atoms with E-state index in [1.54, 1.807) is 6.07 Å². The minimum Gasteiger partial charge on any atom is -0.220 e. The lowest BCUT2D eigenvalue weighted by molar-refractivity contribution is 0.755. The highest BCUT2D eigenvalue weighted by molar-refractivity contribution is 6.33. The van der Waals surface area contributed by atoms with Gasteiger partial charge >= 0.3 is 0 Å². The largest absolute Gasteiger partial charge is 0.220 e. The summed E-state index contributed by atoms with van der Waals surface area (Å²) in [4.78, 5) is 8.63. The van der Waals surface area contributed by atoms with Crippen molar-refractivity contribution in [2.24, 2.45) is 0 Å². The van der Waals surface area contributed by atoms with E-state index in [1.807, 2.05) is 18.2 Å². The molecule has 1 fully saturated rings. The zero-order chi connectivity index (χ0) is 11.9. The quantitative estimate of drug-likeness (QED) is 0.770. The molecule has 4 heteroatoms. The average Bonchev–Trinajstić information content (AvgIpc) is 3.10. The van der Waals surface area contributed by atoms with Gasteiger partial charge in [-0.15, -0.1) is 0 Å². The van der Waals surface area contributed by atoms with E-state index in [4.69, 9.17) is 23.2 Å². The molecule has 0 atom stereocenters. The summed E-state index contributed by atoms with van der Waals surface area (Å²) in [6.07, 6.45) is 2.10. The smallest absolute Gasteiger partial charge is 0.142 e. The van der Waals surface area contributed by atoms with Gasteiger partial charge in [0.2, 0.25) is 0 Å². The molecule has 0 saturated heterocycles. The Labute approximate surface area is 110 Å². The van der Waals surface area contributed by atoms with Crippen LogP contribution in [0.3, 0.4) is 0 Å². The van der Waals surface area contributed by atoms with Crippen LogP contribution >= 0.6 is 23.2 Å². The van der Waals surface area contributed by atoms with Gasteiger partial charge in [-0.1, -0.05) is 53.5 Å². The predicted molar refractivity (Wildman–Crippen MR) is 68.5 cm³/mol. The second-order valence-electron chi connectivity index (χ2n) is 4.29. The molecule has 0 amide bonds. The lowest BCUT2D eigenvalue weighted by Crippen LogP contribution is -2.13. The van der Waals surface area contributed by atoms with Crippen LogP contribution in [0.15, 0.2) is 36.4 Å². The van der Waals surface area contributed by atoms with Gasteiger partial charge in [0, 0.05) is 6.07 Å². The lowest BCUT2D eigenvalue weighted by atomic mass is 9.95. The molecule has 3 rings (SSSR count). The van der Waals surface area contributed by atoms with Crippen molar-refractivity contribution in [2.75, 3.05) is 0 Å². The Bertz CT molecular complexity index is 530. The Morgan fingerprint density at radius 2 is 1.53 bits per heavy atom. The summed E-state index contributed by atoms with van der Waals surface area (Å²) >= 11 is 11.9. The lowest BCUT2D eigenvalue weighted by Gasteiger charge is -2.14. The van der Waals surface area contributed by atoms with E-state index in [0.717, 1.165) is 18.7 Å². The molecule has 2 nitrogen and oxygen atoms in total. The van der Waals surface area contributed by atoms with Gasteiger partial charge in [0.25, 0.3) is 0 Å². The third-order valence-corrected chi connectivity index (χ3v) is 3.56. The molecule has 0 aliphatic heterocycles. The molecule has 17 heavy (non-hydrogen) atoms. The van der Waals surface area contributed by atoms with E-state index in [1.165, 1.54) is 5.56 Å². The van der Waals surface area contributed by atoms with Crippen LogP contribution in [0.5, 0.6) is 0 Å². The molecule has 0 unspecified atom stereocenters. The van der Waals surface area contributed by atoms with E-state index in [2.05, 4.69) is 22.1 Å². The Hall–Kier alpha value is -1.12. The maximum absolute atomic E-state index is 5.94. The van der Waals surface area contributed by atoms with Crippen molar-refractivity contribution < 1.29 is 0 Å². The Morgan fingerprint density at radius 3 is 2.06 bits per heavy atom. The summed E-state index contributed by atoms with van der Waals surface area (Å²) < 4.78 is 0. The maximum atomic E-state index is 5.94. The molecular formula is C13H10Cl2N2. The number of hydrogen-bond donors (Lipinski definition) is 0. The van der Waals surface area contributed by atoms with Crippen molar-refractivity contribution in [3.05, 3.63) is 58.1 Å². The first-order valence-electron chi connectivity index (χ1n) is 5.47. The van der Waals surface area contributed by atoms with Crippen molar-refractivity contribution in [2.45, 2.75) is 18.3 Å². The van der Waals surface area contributed by atoms with Crippen molar-refractivity contribution in [3.8, 4) is 0 Å². The fourth-order valence-electron chi connectivity index (χ4n) is 2.13. The minimum absolute atomic E-state index is 0.0736. The van der Waals surface area contributed by atoms with Gasteiger partial charge in [-0.2, -0.15) is 0 Å². The zero-order valence-corrected chi connectivity index (χ0v) is 10.5. The number of aromatic nitrogens is 2. The highest BCUT2D eigenvalue weighted by Gasteiger charge is 2.48. The summed E-state index contributed by atoms with van der Waals surface area (Å²) in [6, 6.07) is 11.8. The molecule has 2 aromatic rings. The average molecular weight is 265 g/mol. The monoisotopic (exact) mass is 264 g/mol. The molecule has 86 valence electrons. The Kier molecular flexibility index (Phi) is 2.57. The number of rotatable bonds is 2. The molecule has 1 saturated carbocycles. The first-order chi connectivity index (χ1) is 8.21. The third kappa shape index (κ3) is 1.92. The SMILES string of the molecule is Clc1cc(Cl)nc(C2(c3ccccc3)CC2)n1. The van der Waals surface area contributed by atoms with Crippen LogP contribution in [0.25, 0.3) is 0 Å². The minimum atomic E-state index is -0.0736. The van der Waals surface area contributed by atoms with E-state index in [-0.39, 0.29) is 5.41 Å². The summed E-state index contributed by atoms with van der Waals surface area (Å²) in [6.45, 7) is 0. The first-order valence-corrected chi connectivity index (χ1v) is 6.22. The highest BCUT2D eigenvalue weighted by Crippen LogP contribution is 2.52. The van der Waals surface area contributed by atoms with Gasteiger partial charge in [0.1, 0.15) is 16.1 Å². The highest BCUT2D eigenvalue weighted by atomic mass is 35.5. The normalized spacial score (nSPS) is 16.8. The first kappa shape index (κ1) is 11.0. The van der Waals surface area contributed by atoms with Gasteiger partial charge in [0.05, 0.1) is 5.41 Å². The van der Waals surface area contributed by atoms with Crippen LogP contribution in [0, 0.1) is 0 Å². The van der Waals surface area contributed by atoms with Gasteiger partial charge in [-0.3, -0.25) is 0 Å². The predicted octanol–water partition coefficient (Wildman–Crippen LogP) is 3.86. The fourth-order valence-corrected chi connectivity index (χ4v) is 2.55. The van der Waals surface area contributed by atoms with Gasteiger partial charge in [0.15, 0.2) is 0 Å². The molecule has 1 aromatic carbocycles. The number of halogens is 2. The van der Waals surface area contributed by atoms with Crippen molar-refractivity contribution in [3.63, 3.8) is 0 Å². The van der Waals surface area contributed by atoms with Crippen molar-refractivity contribution in [1.29, 1.82) is 0 Å². The van der Waals surface area contributed by atoms with Crippen LogP contribution in [0.2, 0.25) is 10.3 Å². The molecular weight excluding hydrogens is 255 g/mol. The van der Waals surface area contributed by atoms with Crippen LogP contribution in [0.1, 0.15) is 24.2 Å². The maximum Gasteiger partial charge on any atom is 0.142 e. The Morgan fingerprint density at radius 1 is 0.941 bits per heavy atom. The number of hydrogen-bond acceptors (Lipinski definition) is 2. The zero-order valence-electron chi connectivity index (χ0n) is 9.03. The van der Waals surface area contributed by atoms with Crippen LogP contribution in [-0.4, -0.2) is 9.97 Å². The summed E-state index contributed by atoms with van der Waals surface area (Å²) in [5.74, 6) is 0.737. The molecule has 0 bridgehead atoms. The van der Waals surface area contributed by atoms with E-state index in [0.29, 0.717) is 10.3 Å². The van der Waals surface area contributed by atoms with Crippen LogP contribution in [-0.2, 0) is 5.41 Å². The van der Waals surface area contributed by atoms with Gasteiger partial charge in [-0.05, 0) is 18.4 Å². The topological polar surface area (TPSA) is 25.8 Å². The summed E-state index contributed by atoms with van der Waals surface area (Å²) in [7, 11) is 0. The molecule has 0 radical (unpaired) electrons. The van der Waals surface area contributed by atoms with E-state index < -0.39 is 0 Å². The van der Waals surface area contributed by atoms with Crippen LogP contribution in [0.4, 0.5) is 0 Å². The second kappa shape index (κ2) is 3.97. The van der Waals surface area contributed by atoms with Crippen molar-refractivity contribution >= 4 is 23.2 Å². The van der Waals surface area contributed by atoms with Gasteiger partial charge < -0.3 is 0 Å². The Balaban J connectivity index is 2.09. The second-order valence-corrected chi connectivity index (χ2v) is 5.06. The van der Waals surface area contributed by atoms with Crippen molar-refractivity contribution in [1.82, 2.24) is 9.97 Å². The third-order valence-electron chi connectivity index (χ3n) is 3.17.